The first-order valence-electron chi connectivity index (χ1n) is 7.67. The fourth-order valence-electron chi connectivity index (χ4n) is 2.15. The van der Waals surface area contributed by atoms with Crippen molar-refractivity contribution in [3.8, 4) is 0 Å². The predicted molar refractivity (Wildman–Crippen MR) is 103 cm³/mol. The Morgan fingerprint density at radius 1 is 1.12 bits per heavy atom. The number of carbonyl (C=O) groups excluding carboxylic acids is 2. The molecule has 0 radical (unpaired) electrons. The van der Waals surface area contributed by atoms with Gasteiger partial charge < -0.3 is 14.6 Å². The lowest BCUT2D eigenvalue weighted by atomic mass is 10.1. The van der Waals surface area contributed by atoms with E-state index in [1.165, 1.54) is 6.08 Å². The molecule has 6 heteroatoms. The van der Waals surface area contributed by atoms with Crippen LogP contribution < -0.4 is 5.32 Å². The van der Waals surface area contributed by atoms with E-state index in [-0.39, 0.29) is 11.8 Å². The molecule has 24 heavy (non-hydrogen) atoms. The Hall–Kier alpha value is -2.09. The number of benzene rings is 1. The van der Waals surface area contributed by atoms with Crippen molar-refractivity contribution in [3.63, 3.8) is 0 Å². The molecule has 5 nitrogen and oxygen atoms in total. The fraction of sp³-hybridized carbons (Fsp3) is 0.222. The lowest BCUT2D eigenvalue weighted by Crippen LogP contribution is -2.30. The van der Waals surface area contributed by atoms with Crippen LogP contribution in [0, 0.1) is 3.77 Å². The number of anilines is 1. The highest BCUT2D eigenvalue weighted by Gasteiger charge is 2.12. The SMILES string of the molecule is CCN(CC)C(=O)c1ccc(NC(=O)/C=C/c2ccc(I)o2)cc1. The van der Waals surface area contributed by atoms with Crippen molar-refractivity contribution >= 4 is 46.2 Å². The van der Waals surface area contributed by atoms with E-state index in [4.69, 9.17) is 4.42 Å². The van der Waals surface area contributed by atoms with Gasteiger partial charge in [0.1, 0.15) is 5.76 Å². The Morgan fingerprint density at radius 2 is 1.79 bits per heavy atom. The van der Waals surface area contributed by atoms with Crippen molar-refractivity contribution in [3.05, 3.63) is 57.6 Å². The number of carbonyl (C=O) groups is 2. The highest BCUT2D eigenvalue weighted by atomic mass is 127. The van der Waals surface area contributed by atoms with Gasteiger partial charge in [0.2, 0.25) is 5.91 Å². The van der Waals surface area contributed by atoms with Gasteiger partial charge in [0.15, 0.2) is 3.77 Å². The topological polar surface area (TPSA) is 62.6 Å². The number of nitrogens with zero attached hydrogens (tertiary/aromatic N) is 1. The Kier molecular flexibility index (Phi) is 6.60. The van der Waals surface area contributed by atoms with Gasteiger partial charge in [-0.25, -0.2) is 0 Å². The second-order valence-electron chi connectivity index (χ2n) is 5.02. The maximum absolute atomic E-state index is 12.2. The lowest BCUT2D eigenvalue weighted by Gasteiger charge is -2.18. The number of amides is 2. The van der Waals surface area contributed by atoms with Crippen molar-refractivity contribution in [2.45, 2.75) is 13.8 Å². The normalized spacial score (nSPS) is 10.8. The van der Waals surface area contributed by atoms with Crippen LogP contribution in [0.3, 0.4) is 0 Å². The molecule has 1 N–H and O–H groups in total. The van der Waals surface area contributed by atoms with E-state index in [0.717, 1.165) is 3.77 Å². The summed E-state index contributed by atoms with van der Waals surface area (Å²) in [5.41, 5.74) is 1.24. The average Bonchev–Trinajstić information content (AvgIpc) is 3.00. The molecule has 126 valence electrons. The molecule has 1 aromatic heterocycles. The van der Waals surface area contributed by atoms with Crippen molar-refractivity contribution < 1.29 is 14.0 Å². The largest absolute Gasteiger partial charge is 0.451 e. The van der Waals surface area contributed by atoms with Crippen LogP contribution in [0.2, 0.25) is 0 Å². The van der Waals surface area contributed by atoms with Crippen LogP contribution in [0.4, 0.5) is 5.69 Å². The van der Waals surface area contributed by atoms with E-state index in [2.05, 4.69) is 27.9 Å². The van der Waals surface area contributed by atoms with Gasteiger partial charge in [-0.15, -0.1) is 0 Å². The quantitative estimate of drug-likeness (QED) is 0.548. The predicted octanol–water partition coefficient (Wildman–Crippen LogP) is 4.02. The summed E-state index contributed by atoms with van der Waals surface area (Å²) in [6, 6.07) is 10.5. The first kappa shape index (κ1) is 18.3. The molecule has 0 aliphatic heterocycles. The van der Waals surface area contributed by atoms with E-state index < -0.39 is 0 Å². The van der Waals surface area contributed by atoms with Gasteiger partial charge in [0.05, 0.1) is 0 Å². The lowest BCUT2D eigenvalue weighted by molar-refractivity contribution is -0.111. The van der Waals surface area contributed by atoms with E-state index in [1.807, 2.05) is 19.9 Å². The Balaban J connectivity index is 1.97. The summed E-state index contributed by atoms with van der Waals surface area (Å²) in [6.07, 6.45) is 3.01. The first-order chi connectivity index (χ1) is 11.5. The maximum atomic E-state index is 12.2. The standard InChI is InChI=1S/C18H19IN2O3/c1-3-21(4-2)18(23)13-5-7-14(8-6-13)20-17(22)12-10-15-9-11-16(19)24-15/h5-12H,3-4H2,1-2H3,(H,20,22)/b12-10+. The summed E-state index contributed by atoms with van der Waals surface area (Å²) in [5, 5.41) is 2.75. The minimum Gasteiger partial charge on any atom is -0.451 e. The Bertz CT molecular complexity index is 731. The fourth-order valence-corrected chi connectivity index (χ4v) is 2.58. The molecule has 1 heterocycles. The van der Waals surface area contributed by atoms with Crippen molar-refractivity contribution in [1.29, 1.82) is 0 Å². The van der Waals surface area contributed by atoms with Gasteiger partial charge in [0.25, 0.3) is 5.91 Å². The highest BCUT2D eigenvalue weighted by Crippen LogP contribution is 2.13. The minimum absolute atomic E-state index is 0.00908. The van der Waals surface area contributed by atoms with E-state index in [9.17, 15) is 9.59 Å². The summed E-state index contributed by atoms with van der Waals surface area (Å²) in [4.78, 5) is 25.9. The Labute approximate surface area is 154 Å². The molecule has 0 unspecified atom stereocenters. The molecule has 0 saturated carbocycles. The molecular weight excluding hydrogens is 419 g/mol. The summed E-state index contributed by atoms with van der Waals surface area (Å²) in [7, 11) is 0. The zero-order valence-electron chi connectivity index (χ0n) is 13.6. The average molecular weight is 438 g/mol. The molecule has 0 atom stereocenters. The van der Waals surface area contributed by atoms with Gasteiger partial charge in [-0.2, -0.15) is 0 Å². The second-order valence-corrected chi connectivity index (χ2v) is 6.08. The van der Waals surface area contributed by atoms with Crippen LogP contribution in [-0.2, 0) is 4.79 Å². The summed E-state index contributed by atoms with van der Waals surface area (Å²) in [6.45, 7) is 5.24. The molecule has 0 bridgehead atoms. The number of hydrogen-bond acceptors (Lipinski definition) is 3. The van der Waals surface area contributed by atoms with Crippen LogP contribution in [0.5, 0.6) is 0 Å². The molecule has 0 aliphatic rings. The third kappa shape index (κ3) is 4.95. The van der Waals surface area contributed by atoms with Crippen LogP contribution in [0.25, 0.3) is 6.08 Å². The van der Waals surface area contributed by atoms with Crippen LogP contribution in [-0.4, -0.2) is 29.8 Å². The van der Waals surface area contributed by atoms with E-state index in [1.54, 1.807) is 41.3 Å². The number of nitrogens with one attached hydrogen (secondary N) is 1. The maximum Gasteiger partial charge on any atom is 0.253 e. The summed E-state index contributed by atoms with van der Waals surface area (Å²) >= 11 is 2.06. The number of rotatable bonds is 6. The second kappa shape index (κ2) is 8.68. The van der Waals surface area contributed by atoms with Crippen LogP contribution in [0.15, 0.2) is 46.9 Å². The van der Waals surface area contributed by atoms with Gasteiger partial charge in [0, 0.05) is 30.4 Å². The van der Waals surface area contributed by atoms with Gasteiger partial charge in [-0.1, -0.05) is 0 Å². The van der Waals surface area contributed by atoms with Gasteiger partial charge in [-0.3, -0.25) is 9.59 Å². The molecule has 0 fully saturated rings. The third-order valence-corrected chi connectivity index (χ3v) is 4.02. The number of hydrogen-bond donors (Lipinski definition) is 1. The summed E-state index contributed by atoms with van der Waals surface area (Å²) in [5.74, 6) is 0.351. The molecule has 0 saturated heterocycles. The number of furan rings is 1. The van der Waals surface area contributed by atoms with Crippen molar-refractivity contribution in [1.82, 2.24) is 4.90 Å². The van der Waals surface area contributed by atoms with Crippen molar-refractivity contribution in [2.75, 3.05) is 18.4 Å². The zero-order chi connectivity index (χ0) is 17.5. The molecular formula is C18H19IN2O3. The van der Waals surface area contributed by atoms with E-state index in [0.29, 0.717) is 30.1 Å². The van der Waals surface area contributed by atoms with Crippen LogP contribution >= 0.6 is 22.6 Å². The molecule has 2 aromatic rings. The zero-order valence-corrected chi connectivity index (χ0v) is 15.7. The van der Waals surface area contributed by atoms with E-state index >= 15 is 0 Å². The molecule has 1 aromatic carbocycles. The molecule has 0 aliphatic carbocycles. The Morgan fingerprint density at radius 3 is 2.33 bits per heavy atom. The third-order valence-electron chi connectivity index (χ3n) is 3.44. The van der Waals surface area contributed by atoms with Gasteiger partial charge >= 0.3 is 0 Å². The van der Waals surface area contributed by atoms with Gasteiger partial charge in [-0.05, 0) is 78.9 Å². The monoisotopic (exact) mass is 438 g/mol. The molecule has 2 amide bonds. The molecule has 0 spiro atoms. The smallest absolute Gasteiger partial charge is 0.253 e. The summed E-state index contributed by atoms with van der Waals surface area (Å²) < 4.78 is 6.11. The minimum atomic E-state index is -0.260. The molecule has 2 rings (SSSR count). The van der Waals surface area contributed by atoms with Crippen LogP contribution in [0.1, 0.15) is 30.0 Å². The number of halogens is 1. The van der Waals surface area contributed by atoms with Crippen molar-refractivity contribution in [2.24, 2.45) is 0 Å². The first-order valence-corrected chi connectivity index (χ1v) is 8.75. The highest BCUT2D eigenvalue weighted by molar-refractivity contribution is 14.1.